The van der Waals surface area contributed by atoms with E-state index in [9.17, 15) is 4.79 Å². The van der Waals surface area contributed by atoms with Crippen molar-refractivity contribution in [1.82, 2.24) is 14.8 Å². The number of aliphatic carboxylic acids is 1. The zero-order chi connectivity index (χ0) is 20.9. The lowest BCUT2D eigenvalue weighted by Crippen LogP contribution is -1.97. The molecule has 0 saturated heterocycles. The summed E-state index contributed by atoms with van der Waals surface area (Å²) >= 11 is 0. The van der Waals surface area contributed by atoms with Crippen LogP contribution in [-0.2, 0) is 4.79 Å². The van der Waals surface area contributed by atoms with Gasteiger partial charge >= 0.3 is 5.97 Å². The number of carboxylic acids is 1. The summed E-state index contributed by atoms with van der Waals surface area (Å²) in [4.78, 5) is 10.8. The number of carbonyl (C=O) groups is 1. The second-order valence-corrected chi connectivity index (χ2v) is 6.89. The topological polar surface area (TPSA) is 67.5 Å². The fourth-order valence-corrected chi connectivity index (χ4v) is 3.59. The Morgan fingerprint density at radius 1 is 1.00 bits per heavy atom. The Morgan fingerprint density at radius 3 is 2.47 bits per heavy atom. The molecule has 0 aliphatic carbocycles. The number of allylic oxidation sites excluding steroid dienone is 1. The Balaban J connectivity index is 1.89. The van der Waals surface area contributed by atoms with Gasteiger partial charge < -0.3 is 5.11 Å². The largest absolute Gasteiger partial charge is 0.478 e. The van der Waals surface area contributed by atoms with E-state index in [2.05, 4.69) is 35.4 Å². The molecule has 148 valence electrons. The predicted octanol–water partition coefficient (Wildman–Crippen LogP) is 5.20. The number of pyridine rings is 1. The fourth-order valence-electron chi connectivity index (χ4n) is 3.59. The molecular formula is C25H21N3O2. The van der Waals surface area contributed by atoms with E-state index in [0.29, 0.717) is 0 Å². The maximum Gasteiger partial charge on any atom is 0.328 e. The van der Waals surface area contributed by atoms with Crippen LogP contribution in [-0.4, -0.2) is 25.9 Å². The van der Waals surface area contributed by atoms with Crippen molar-refractivity contribution < 1.29 is 9.90 Å². The maximum absolute atomic E-state index is 10.8. The molecule has 0 spiro atoms. The Morgan fingerprint density at radius 2 is 1.77 bits per heavy atom. The highest BCUT2D eigenvalue weighted by Crippen LogP contribution is 2.34. The zero-order valence-electron chi connectivity index (χ0n) is 16.6. The minimum atomic E-state index is -0.959. The third kappa shape index (κ3) is 4.05. The van der Waals surface area contributed by atoms with Crippen molar-refractivity contribution in [3.8, 4) is 0 Å². The Bertz CT molecular complexity index is 1240. The Hall–Kier alpha value is -3.99. The van der Waals surface area contributed by atoms with Crippen molar-refractivity contribution >= 4 is 28.7 Å². The number of rotatable bonds is 6. The van der Waals surface area contributed by atoms with E-state index in [1.807, 2.05) is 54.7 Å². The van der Waals surface area contributed by atoms with Crippen LogP contribution in [0.25, 0.3) is 22.7 Å². The quantitative estimate of drug-likeness (QED) is 0.360. The molecule has 1 N–H and O–H groups in total. The molecule has 2 aromatic heterocycles. The van der Waals surface area contributed by atoms with Crippen LogP contribution < -0.4 is 0 Å². The minimum Gasteiger partial charge on any atom is -0.478 e. The van der Waals surface area contributed by atoms with E-state index < -0.39 is 5.97 Å². The van der Waals surface area contributed by atoms with E-state index in [0.717, 1.165) is 40.3 Å². The smallest absolute Gasteiger partial charge is 0.328 e. The second-order valence-electron chi connectivity index (χ2n) is 6.89. The van der Waals surface area contributed by atoms with Gasteiger partial charge in [-0.2, -0.15) is 0 Å². The van der Waals surface area contributed by atoms with Crippen molar-refractivity contribution in [2.75, 3.05) is 0 Å². The van der Waals surface area contributed by atoms with Crippen LogP contribution in [0.4, 0.5) is 0 Å². The van der Waals surface area contributed by atoms with Gasteiger partial charge in [0, 0.05) is 12.3 Å². The van der Waals surface area contributed by atoms with Crippen LogP contribution in [0.3, 0.4) is 0 Å². The van der Waals surface area contributed by atoms with E-state index in [-0.39, 0.29) is 0 Å². The van der Waals surface area contributed by atoms with E-state index >= 15 is 0 Å². The summed E-state index contributed by atoms with van der Waals surface area (Å²) in [5.41, 5.74) is 7.47. The molecule has 0 bridgehead atoms. The lowest BCUT2D eigenvalue weighted by molar-refractivity contribution is -0.131. The van der Waals surface area contributed by atoms with Gasteiger partial charge in [0.05, 0.1) is 11.7 Å². The van der Waals surface area contributed by atoms with Crippen LogP contribution in [0, 0.1) is 0 Å². The average molecular weight is 395 g/mol. The standard InChI is InChI=1S/C25H21N3O2/c1-2-23(19-6-4-3-5-7-19)25(21-14-15-28-22(16-21)17-26-27-28)20-11-8-18(9-12-20)10-13-24(29)30/h3-17H,2H2,1H3,(H,29,30). The van der Waals surface area contributed by atoms with Crippen LogP contribution in [0.5, 0.6) is 0 Å². The first kappa shape index (κ1) is 19.3. The molecule has 0 unspecified atom stereocenters. The summed E-state index contributed by atoms with van der Waals surface area (Å²) in [6.45, 7) is 2.16. The third-order valence-corrected chi connectivity index (χ3v) is 4.99. The van der Waals surface area contributed by atoms with Crippen LogP contribution >= 0.6 is 0 Å². The summed E-state index contributed by atoms with van der Waals surface area (Å²) in [7, 11) is 0. The first-order chi connectivity index (χ1) is 14.7. The van der Waals surface area contributed by atoms with Crippen molar-refractivity contribution in [3.05, 3.63) is 107 Å². The molecule has 5 heteroatoms. The lowest BCUT2D eigenvalue weighted by Gasteiger charge is -2.16. The van der Waals surface area contributed by atoms with Crippen LogP contribution in [0.1, 0.15) is 35.6 Å². The highest BCUT2D eigenvalue weighted by Gasteiger charge is 2.14. The molecule has 4 rings (SSSR count). The molecule has 30 heavy (non-hydrogen) atoms. The first-order valence-electron chi connectivity index (χ1n) is 9.76. The van der Waals surface area contributed by atoms with E-state index in [4.69, 9.17) is 5.11 Å². The first-order valence-corrected chi connectivity index (χ1v) is 9.76. The molecule has 2 heterocycles. The van der Waals surface area contributed by atoms with Gasteiger partial charge in [0.15, 0.2) is 0 Å². The van der Waals surface area contributed by atoms with Crippen LogP contribution in [0.2, 0.25) is 0 Å². The summed E-state index contributed by atoms with van der Waals surface area (Å²) in [6.07, 6.45) is 7.27. The minimum absolute atomic E-state index is 0.841. The number of benzene rings is 2. The molecule has 2 aromatic carbocycles. The molecule has 0 saturated carbocycles. The molecule has 0 amide bonds. The van der Waals surface area contributed by atoms with Gasteiger partial charge in [-0.25, -0.2) is 9.31 Å². The monoisotopic (exact) mass is 395 g/mol. The van der Waals surface area contributed by atoms with E-state index in [1.165, 1.54) is 11.1 Å². The summed E-state index contributed by atoms with van der Waals surface area (Å²) < 4.78 is 1.75. The van der Waals surface area contributed by atoms with Crippen molar-refractivity contribution in [3.63, 3.8) is 0 Å². The normalized spacial score (nSPS) is 12.3. The summed E-state index contributed by atoms with van der Waals surface area (Å²) in [6, 6.07) is 22.5. The van der Waals surface area contributed by atoms with Gasteiger partial charge in [-0.05, 0) is 58.0 Å². The zero-order valence-corrected chi connectivity index (χ0v) is 16.6. The fraction of sp³-hybridized carbons (Fsp3) is 0.0800. The summed E-state index contributed by atoms with van der Waals surface area (Å²) in [5, 5.41) is 16.9. The molecule has 0 atom stereocenters. The summed E-state index contributed by atoms with van der Waals surface area (Å²) in [5.74, 6) is -0.959. The van der Waals surface area contributed by atoms with Crippen molar-refractivity contribution in [1.29, 1.82) is 0 Å². The van der Waals surface area contributed by atoms with Gasteiger partial charge in [-0.1, -0.05) is 66.7 Å². The molecule has 0 aliphatic heterocycles. The third-order valence-electron chi connectivity index (χ3n) is 4.99. The maximum atomic E-state index is 10.8. The predicted molar refractivity (Wildman–Crippen MR) is 119 cm³/mol. The number of nitrogens with zero attached hydrogens (tertiary/aromatic N) is 3. The Labute approximate surface area is 174 Å². The number of fused-ring (bicyclic) bond motifs is 1. The number of hydrogen-bond donors (Lipinski definition) is 1. The van der Waals surface area contributed by atoms with Gasteiger partial charge in [-0.15, -0.1) is 5.10 Å². The molecule has 0 fully saturated rings. The SMILES string of the molecule is CCC(=C(c1ccc(C=CC(=O)O)cc1)c1ccn2nncc2c1)c1ccccc1. The lowest BCUT2D eigenvalue weighted by atomic mass is 9.88. The van der Waals surface area contributed by atoms with Crippen LogP contribution in [0.15, 0.2) is 85.2 Å². The van der Waals surface area contributed by atoms with Gasteiger partial charge in [-0.3, -0.25) is 0 Å². The average Bonchev–Trinajstić information content (AvgIpc) is 3.25. The Kier molecular flexibility index (Phi) is 5.52. The van der Waals surface area contributed by atoms with Gasteiger partial charge in [0.1, 0.15) is 0 Å². The van der Waals surface area contributed by atoms with Gasteiger partial charge in [0.2, 0.25) is 0 Å². The molecule has 0 aliphatic rings. The number of hydrogen-bond acceptors (Lipinski definition) is 3. The molecular weight excluding hydrogens is 374 g/mol. The molecule has 5 nitrogen and oxygen atoms in total. The van der Waals surface area contributed by atoms with Crippen molar-refractivity contribution in [2.24, 2.45) is 0 Å². The highest BCUT2D eigenvalue weighted by molar-refractivity contribution is 5.99. The number of aromatic nitrogens is 3. The second kappa shape index (κ2) is 8.57. The molecule has 4 aromatic rings. The van der Waals surface area contributed by atoms with E-state index in [1.54, 1.807) is 16.8 Å². The highest BCUT2D eigenvalue weighted by atomic mass is 16.4. The van der Waals surface area contributed by atoms with Crippen molar-refractivity contribution in [2.45, 2.75) is 13.3 Å². The molecule has 0 radical (unpaired) electrons. The number of carboxylic acid groups (broad SMARTS) is 1. The van der Waals surface area contributed by atoms with Gasteiger partial charge in [0.25, 0.3) is 0 Å².